The van der Waals surface area contributed by atoms with Gasteiger partial charge in [0.25, 0.3) is 0 Å². The van der Waals surface area contributed by atoms with Gasteiger partial charge in [0.2, 0.25) is 0 Å². The Morgan fingerprint density at radius 1 is 1.89 bits per heavy atom. The summed E-state index contributed by atoms with van der Waals surface area (Å²) in [5.74, 6) is -0.781. The van der Waals surface area contributed by atoms with Gasteiger partial charge in [-0.1, -0.05) is 0 Å². The molecular weight excluding hydrogens is 138 g/mol. The van der Waals surface area contributed by atoms with Gasteiger partial charge in [-0.2, -0.15) is 12.6 Å². The molecule has 0 saturated carbocycles. The lowest BCUT2D eigenvalue weighted by Gasteiger charge is -2.03. The first kappa shape index (κ1) is 8.78. The van der Waals surface area contributed by atoms with Crippen LogP contribution in [0.5, 0.6) is 0 Å². The second-order valence-electron chi connectivity index (χ2n) is 1.77. The molecule has 54 valence electrons. The van der Waals surface area contributed by atoms with E-state index in [4.69, 9.17) is 5.11 Å². The zero-order valence-corrected chi connectivity index (χ0v) is 6.19. The number of carboxylic acids is 1. The number of nitrogens with one attached hydrogen (secondary N) is 1. The largest absolute Gasteiger partial charge is 0.481 e. The highest BCUT2D eigenvalue weighted by atomic mass is 32.1. The zero-order chi connectivity index (χ0) is 7.28. The van der Waals surface area contributed by atoms with Gasteiger partial charge >= 0.3 is 5.97 Å². The summed E-state index contributed by atoms with van der Waals surface area (Å²) in [7, 11) is 0. The molecule has 0 aromatic rings. The maximum Gasteiger partial charge on any atom is 0.304 e. The molecule has 2 N–H and O–H groups in total. The fourth-order valence-corrected chi connectivity index (χ4v) is 0.517. The Morgan fingerprint density at radius 3 is 2.78 bits per heavy atom. The number of carboxylic acid groups (broad SMARTS) is 1. The third-order valence-corrected chi connectivity index (χ3v) is 0.961. The van der Waals surface area contributed by atoms with Crippen molar-refractivity contribution in [1.29, 1.82) is 0 Å². The van der Waals surface area contributed by atoms with Crippen LogP contribution in [0.3, 0.4) is 0 Å². The fraction of sp³-hybridized carbons (Fsp3) is 0.800. The van der Waals surface area contributed by atoms with Gasteiger partial charge in [0.15, 0.2) is 0 Å². The average Bonchev–Trinajstić information content (AvgIpc) is 1.63. The average molecular weight is 149 g/mol. The summed E-state index contributed by atoms with van der Waals surface area (Å²) in [5, 5.41) is 11.1. The van der Waals surface area contributed by atoms with Gasteiger partial charge in [-0.15, -0.1) is 0 Å². The summed E-state index contributed by atoms with van der Waals surface area (Å²) in [4.78, 5) is 9.92. The second-order valence-corrected chi connectivity index (χ2v) is 2.55. The van der Waals surface area contributed by atoms with E-state index in [1.54, 1.807) is 0 Å². The smallest absolute Gasteiger partial charge is 0.304 e. The Morgan fingerprint density at radius 2 is 2.44 bits per heavy atom. The van der Waals surface area contributed by atoms with Crippen molar-refractivity contribution in [3.8, 4) is 0 Å². The number of aliphatic carboxylic acids is 1. The van der Waals surface area contributed by atoms with Crippen molar-refractivity contribution in [2.24, 2.45) is 0 Å². The van der Waals surface area contributed by atoms with E-state index < -0.39 is 5.97 Å². The Balaban J connectivity index is 3.01. The van der Waals surface area contributed by atoms with Crippen molar-refractivity contribution in [3.05, 3.63) is 0 Å². The molecule has 0 bridgehead atoms. The molecule has 1 atom stereocenters. The van der Waals surface area contributed by atoms with Crippen molar-refractivity contribution >= 4 is 18.6 Å². The summed E-state index contributed by atoms with van der Waals surface area (Å²) < 4.78 is 0. The van der Waals surface area contributed by atoms with E-state index in [-0.39, 0.29) is 11.8 Å². The highest BCUT2D eigenvalue weighted by Gasteiger charge is 1.96. The lowest BCUT2D eigenvalue weighted by Crippen LogP contribution is -2.23. The van der Waals surface area contributed by atoms with Crippen LogP contribution in [0.1, 0.15) is 13.3 Å². The summed E-state index contributed by atoms with van der Waals surface area (Å²) >= 11 is 4.00. The standard InChI is InChI=1S/C5H11NO2S/c1-4(9)6-3-2-5(7)8/h4,6,9H,2-3H2,1H3,(H,7,8). The van der Waals surface area contributed by atoms with Gasteiger partial charge in [-0.25, -0.2) is 0 Å². The number of carbonyl (C=O) groups is 1. The molecule has 0 fully saturated rings. The molecule has 4 heteroatoms. The molecule has 1 unspecified atom stereocenters. The molecule has 0 aromatic carbocycles. The van der Waals surface area contributed by atoms with Crippen molar-refractivity contribution in [2.75, 3.05) is 6.54 Å². The van der Waals surface area contributed by atoms with Gasteiger partial charge in [0.05, 0.1) is 6.42 Å². The van der Waals surface area contributed by atoms with E-state index in [9.17, 15) is 4.79 Å². The van der Waals surface area contributed by atoms with E-state index in [0.29, 0.717) is 6.54 Å². The Labute approximate surface area is 59.9 Å². The summed E-state index contributed by atoms with van der Waals surface area (Å²) in [6.07, 6.45) is 0.158. The van der Waals surface area contributed by atoms with Gasteiger partial charge in [-0.05, 0) is 6.92 Å². The Bertz CT molecular complexity index is 95.0. The summed E-state index contributed by atoms with van der Waals surface area (Å²) in [5.41, 5.74) is 0. The summed E-state index contributed by atoms with van der Waals surface area (Å²) in [6, 6.07) is 0. The number of hydrogen-bond acceptors (Lipinski definition) is 3. The number of hydrogen-bond donors (Lipinski definition) is 3. The maximum atomic E-state index is 9.92. The SMILES string of the molecule is CC(S)NCCC(=O)O. The van der Waals surface area contributed by atoms with Gasteiger partial charge in [-0.3, -0.25) is 4.79 Å². The maximum absolute atomic E-state index is 9.92. The van der Waals surface area contributed by atoms with Crippen LogP contribution < -0.4 is 5.32 Å². The quantitative estimate of drug-likeness (QED) is 0.399. The minimum Gasteiger partial charge on any atom is -0.481 e. The van der Waals surface area contributed by atoms with Crippen molar-refractivity contribution in [2.45, 2.75) is 18.7 Å². The van der Waals surface area contributed by atoms with Crippen LogP contribution >= 0.6 is 12.6 Å². The molecule has 0 aromatic heterocycles. The minimum atomic E-state index is -0.781. The first-order valence-corrected chi connectivity index (χ1v) is 3.28. The molecule has 0 spiro atoms. The Hall–Kier alpha value is -0.220. The van der Waals surface area contributed by atoms with Crippen LogP contribution in [0.4, 0.5) is 0 Å². The van der Waals surface area contributed by atoms with E-state index in [1.807, 2.05) is 6.92 Å². The minimum absolute atomic E-state index is 0.0735. The monoisotopic (exact) mass is 149 g/mol. The van der Waals surface area contributed by atoms with Crippen LogP contribution in [0.2, 0.25) is 0 Å². The molecule has 0 radical (unpaired) electrons. The number of thiol groups is 1. The van der Waals surface area contributed by atoms with E-state index >= 15 is 0 Å². The van der Waals surface area contributed by atoms with E-state index in [2.05, 4.69) is 17.9 Å². The molecule has 0 aliphatic heterocycles. The highest BCUT2D eigenvalue weighted by molar-refractivity contribution is 7.80. The molecule has 0 rings (SSSR count). The lowest BCUT2D eigenvalue weighted by molar-refractivity contribution is -0.136. The third-order valence-electron chi connectivity index (χ3n) is 0.779. The predicted octanol–water partition coefficient (Wildman–Crippen LogP) is 0.327. The van der Waals surface area contributed by atoms with Gasteiger partial charge < -0.3 is 10.4 Å². The third kappa shape index (κ3) is 7.78. The second kappa shape index (κ2) is 4.64. The van der Waals surface area contributed by atoms with Crippen molar-refractivity contribution in [3.63, 3.8) is 0 Å². The van der Waals surface area contributed by atoms with Crippen molar-refractivity contribution < 1.29 is 9.90 Å². The highest BCUT2D eigenvalue weighted by Crippen LogP contribution is 1.85. The lowest BCUT2D eigenvalue weighted by atomic mass is 10.4. The fourth-order valence-electron chi connectivity index (χ4n) is 0.388. The molecule has 0 aliphatic carbocycles. The zero-order valence-electron chi connectivity index (χ0n) is 5.29. The molecule has 0 heterocycles. The van der Waals surface area contributed by atoms with Gasteiger partial charge in [0, 0.05) is 11.9 Å². The van der Waals surface area contributed by atoms with Gasteiger partial charge in [0.1, 0.15) is 0 Å². The normalized spacial score (nSPS) is 13.1. The molecule has 0 saturated heterocycles. The predicted molar refractivity (Wildman–Crippen MR) is 38.7 cm³/mol. The molecule has 0 aliphatic rings. The van der Waals surface area contributed by atoms with Crippen LogP contribution in [0.15, 0.2) is 0 Å². The first-order valence-electron chi connectivity index (χ1n) is 2.76. The molecule has 3 nitrogen and oxygen atoms in total. The molecular formula is C5H11NO2S. The van der Waals surface area contributed by atoms with Crippen LogP contribution in [0, 0.1) is 0 Å². The summed E-state index contributed by atoms with van der Waals surface area (Å²) in [6.45, 7) is 2.34. The van der Waals surface area contributed by atoms with E-state index in [0.717, 1.165) is 0 Å². The van der Waals surface area contributed by atoms with Crippen LogP contribution in [-0.4, -0.2) is 23.0 Å². The van der Waals surface area contributed by atoms with Crippen molar-refractivity contribution in [1.82, 2.24) is 5.32 Å². The molecule has 9 heavy (non-hydrogen) atoms. The van der Waals surface area contributed by atoms with E-state index in [1.165, 1.54) is 0 Å². The topological polar surface area (TPSA) is 49.3 Å². The Kier molecular flexibility index (Phi) is 4.53. The number of rotatable bonds is 4. The first-order chi connectivity index (χ1) is 4.13. The molecule has 0 amide bonds. The van der Waals surface area contributed by atoms with Crippen LogP contribution in [-0.2, 0) is 4.79 Å². The van der Waals surface area contributed by atoms with Crippen LogP contribution in [0.25, 0.3) is 0 Å².